The summed E-state index contributed by atoms with van der Waals surface area (Å²) in [5.41, 5.74) is 0. The van der Waals surface area contributed by atoms with Crippen molar-refractivity contribution >= 4 is 0 Å². The predicted molar refractivity (Wildman–Crippen MR) is 52.6 cm³/mol. The maximum Gasteiger partial charge on any atom is 0.0649 e. The number of rotatable bonds is 0. The fourth-order valence-corrected chi connectivity index (χ4v) is 1.49. The lowest BCUT2D eigenvalue weighted by molar-refractivity contribution is 0.0588. The van der Waals surface area contributed by atoms with Crippen LogP contribution in [0.4, 0.5) is 0 Å². The SMILES string of the molecule is C(#CN1CCOCC1)N1CCOCC1. The van der Waals surface area contributed by atoms with Crippen molar-refractivity contribution in [1.29, 1.82) is 0 Å². The summed E-state index contributed by atoms with van der Waals surface area (Å²) in [6.45, 7) is 6.93. The first-order valence-electron chi connectivity index (χ1n) is 5.12. The molecule has 2 saturated heterocycles. The summed E-state index contributed by atoms with van der Waals surface area (Å²) in [5, 5.41) is 0. The molecule has 2 rings (SSSR count). The predicted octanol–water partition coefficient (Wildman–Crippen LogP) is -0.431. The quantitative estimate of drug-likeness (QED) is 0.491. The summed E-state index contributed by atoms with van der Waals surface area (Å²) in [4.78, 5) is 4.25. The molecule has 0 bridgehead atoms. The summed E-state index contributed by atoms with van der Waals surface area (Å²) < 4.78 is 10.5. The fourth-order valence-electron chi connectivity index (χ4n) is 1.49. The highest BCUT2D eigenvalue weighted by Gasteiger charge is 2.08. The van der Waals surface area contributed by atoms with Crippen LogP contribution in [-0.2, 0) is 9.47 Å². The molecule has 2 heterocycles. The largest absolute Gasteiger partial charge is 0.378 e. The van der Waals surface area contributed by atoms with Crippen LogP contribution in [0.5, 0.6) is 0 Å². The first kappa shape index (κ1) is 9.63. The van der Waals surface area contributed by atoms with E-state index >= 15 is 0 Å². The third kappa shape index (κ3) is 2.79. The van der Waals surface area contributed by atoms with E-state index in [1.165, 1.54) is 0 Å². The van der Waals surface area contributed by atoms with E-state index < -0.39 is 0 Å². The molecular formula is C10H16N2O2. The fraction of sp³-hybridized carbons (Fsp3) is 0.800. The van der Waals surface area contributed by atoms with Crippen LogP contribution >= 0.6 is 0 Å². The minimum atomic E-state index is 0.803. The van der Waals surface area contributed by atoms with Crippen LogP contribution in [0.25, 0.3) is 0 Å². The number of morpholine rings is 2. The molecule has 0 aromatic rings. The molecule has 2 fully saturated rings. The summed E-state index contributed by atoms with van der Waals surface area (Å²) in [5.74, 6) is 0. The van der Waals surface area contributed by atoms with Crippen molar-refractivity contribution in [2.45, 2.75) is 0 Å². The van der Waals surface area contributed by atoms with Crippen LogP contribution in [0.15, 0.2) is 0 Å². The van der Waals surface area contributed by atoms with Crippen LogP contribution in [0.3, 0.4) is 0 Å². The zero-order valence-corrected chi connectivity index (χ0v) is 8.37. The number of ether oxygens (including phenoxy) is 2. The Hall–Kier alpha value is -0.920. The second-order valence-electron chi connectivity index (χ2n) is 3.42. The maximum atomic E-state index is 5.25. The molecule has 14 heavy (non-hydrogen) atoms. The van der Waals surface area contributed by atoms with Crippen LogP contribution < -0.4 is 0 Å². The Labute approximate surface area is 84.8 Å². The van der Waals surface area contributed by atoms with Gasteiger partial charge >= 0.3 is 0 Å². The molecule has 2 aliphatic heterocycles. The van der Waals surface area contributed by atoms with E-state index in [9.17, 15) is 0 Å². The average molecular weight is 196 g/mol. The number of nitrogens with zero attached hydrogens (tertiary/aromatic N) is 2. The molecule has 0 saturated carbocycles. The highest BCUT2D eigenvalue weighted by atomic mass is 16.5. The minimum absolute atomic E-state index is 0.803. The lowest BCUT2D eigenvalue weighted by Gasteiger charge is -2.25. The lowest BCUT2D eigenvalue weighted by atomic mass is 10.4. The van der Waals surface area contributed by atoms with Gasteiger partial charge < -0.3 is 19.3 Å². The molecule has 2 aliphatic rings. The molecule has 78 valence electrons. The number of hydrogen-bond donors (Lipinski definition) is 0. The molecule has 0 spiro atoms. The van der Waals surface area contributed by atoms with Gasteiger partial charge in [-0.05, 0) is 0 Å². The van der Waals surface area contributed by atoms with Gasteiger partial charge in [0.05, 0.1) is 26.4 Å². The van der Waals surface area contributed by atoms with E-state index in [4.69, 9.17) is 9.47 Å². The van der Waals surface area contributed by atoms with Gasteiger partial charge in [-0.3, -0.25) is 0 Å². The monoisotopic (exact) mass is 196 g/mol. The Kier molecular flexibility index (Phi) is 3.50. The third-order valence-electron chi connectivity index (χ3n) is 2.39. The Bertz CT molecular complexity index is 200. The summed E-state index contributed by atoms with van der Waals surface area (Å²) >= 11 is 0. The van der Waals surface area contributed by atoms with E-state index in [-0.39, 0.29) is 0 Å². The molecule has 0 aromatic heterocycles. The Balaban J connectivity index is 1.78. The van der Waals surface area contributed by atoms with Gasteiger partial charge in [-0.1, -0.05) is 0 Å². The topological polar surface area (TPSA) is 24.9 Å². The summed E-state index contributed by atoms with van der Waals surface area (Å²) in [6, 6.07) is 6.33. The maximum absolute atomic E-state index is 5.25. The van der Waals surface area contributed by atoms with Crippen molar-refractivity contribution < 1.29 is 9.47 Å². The lowest BCUT2D eigenvalue weighted by Crippen LogP contribution is -2.35. The van der Waals surface area contributed by atoms with Crippen molar-refractivity contribution in [2.24, 2.45) is 0 Å². The Morgan fingerprint density at radius 3 is 1.36 bits per heavy atom. The molecule has 0 N–H and O–H groups in total. The van der Waals surface area contributed by atoms with Crippen LogP contribution in [0, 0.1) is 12.1 Å². The summed E-state index contributed by atoms with van der Waals surface area (Å²) in [7, 11) is 0. The normalized spacial score (nSPS) is 22.9. The van der Waals surface area contributed by atoms with Crippen LogP contribution in [0.2, 0.25) is 0 Å². The van der Waals surface area contributed by atoms with Gasteiger partial charge in [0.15, 0.2) is 0 Å². The molecule has 0 atom stereocenters. The van der Waals surface area contributed by atoms with Gasteiger partial charge in [-0.25, -0.2) is 0 Å². The first-order chi connectivity index (χ1) is 6.95. The standard InChI is InChI=1S/C10H16N2O2/c1(11-3-7-13-8-4-11)2-12-5-9-14-10-6-12/h3-10H2. The molecule has 0 aliphatic carbocycles. The van der Waals surface area contributed by atoms with E-state index in [0.717, 1.165) is 52.6 Å². The van der Waals surface area contributed by atoms with Crippen LogP contribution in [0.1, 0.15) is 0 Å². The first-order valence-corrected chi connectivity index (χ1v) is 5.12. The molecule has 0 amide bonds. The molecule has 0 radical (unpaired) electrons. The highest BCUT2D eigenvalue weighted by Crippen LogP contribution is 1.96. The second kappa shape index (κ2) is 5.08. The second-order valence-corrected chi connectivity index (χ2v) is 3.42. The molecule has 0 unspecified atom stereocenters. The molecular weight excluding hydrogens is 180 g/mol. The van der Waals surface area contributed by atoms with Crippen molar-refractivity contribution in [3.05, 3.63) is 0 Å². The van der Waals surface area contributed by atoms with Gasteiger partial charge in [-0.15, -0.1) is 0 Å². The van der Waals surface area contributed by atoms with Gasteiger partial charge in [0, 0.05) is 38.3 Å². The third-order valence-corrected chi connectivity index (χ3v) is 2.39. The zero-order chi connectivity index (χ0) is 9.64. The smallest absolute Gasteiger partial charge is 0.0649 e. The van der Waals surface area contributed by atoms with Crippen molar-refractivity contribution in [2.75, 3.05) is 52.6 Å². The van der Waals surface area contributed by atoms with Crippen molar-refractivity contribution in [3.8, 4) is 12.1 Å². The Morgan fingerprint density at radius 1 is 0.643 bits per heavy atom. The van der Waals surface area contributed by atoms with E-state index in [0.29, 0.717) is 0 Å². The van der Waals surface area contributed by atoms with Gasteiger partial charge in [-0.2, -0.15) is 0 Å². The minimum Gasteiger partial charge on any atom is -0.378 e. The van der Waals surface area contributed by atoms with E-state index in [2.05, 4.69) is 21.9 Å². The van der Waals surface area contributed by atoms with Crippen molar-refractivity contribution in [1.82, 2.24) is 9.80 Å². The summed E-state index contributed by atoms with van der Waals surface area (Å²) in [6.07, 6.45) is 0. The molecule has 4 heteroatoms. The number of hydrogen-bond acceptors (Lipinski definition) is 4. The molecule has 0 aromatic carbocycles. The van der Waals surface area contributed by atoms with Crippen LogP contribution in [-0.4, -0.2) is 62.4 Å². The van der Waals surface area contributed by atoms with Crippen molar-refractivity contribution in [3.63, 3.8) is 0 Å². The van der Waals surface area contributed by atoms with Gasteiger partial charge in [0.1, 0.15) is 0 Å². The highest BCUT2D eigenvalue weighted by molar-refractivity contribution is 4.99. The Morgan fingerprint density at radius 2 is 1.00 bits per heavy atom. The van der Waals surface area contributed by atoms with E-state index in [1.807, 2.05) is 0 Å². The van der Waals surface area contributed by atoms with Gasteiger partial charge in [0.2, 0.25) is 0 Å². The van der Waals surface area contributed by atoms with Gasteiger partial charge in [0.25, 0.3) is 0 Å². The van der Waals surface area contributed by atoms with E-state index in [1.54, 1.807) is 0 Å². The zero-order valence-electron chi connectivity index (χ0n) is 8.37. The average Bonchev–Trinajstić information content (AvgIpc) is 2.29. The molecule has 4 nitrogen and oxygen atoms in total.